The molecule has 1 aliphatic heterocycles. The molecule has 2 aromatic rings. The van der Waals surface area contributed by atoms with Crippen LogP contribution in [0.25, 0.3) is 0 Å². The third-order valence-electron chi connectivity index (χ3n) is 3.11. The minimum absolute atomic E-state index is 0.0348. The number of nitrogens with one attached hydrogen (secondary N) is 1. The van der Waals surface area contributed by atoms with Crippen LogP contribution in [0.4, 0.5) is 5.69 Å². The summed E-state index contributed by atoms with van der Waals surface area (Å²) in [5.74, 6) is 0.345. The molecule has 1 amide bonds. The SMILES string of the molecule is NCc1nnc(SC2CCc3ccccc3NC2=O)o1. The number of fused-ring (bicyclic) bond motifs is 1. The molecule has 1 aromatic heterocycles. The molecule has 104 valence electrons. The topological polar surface area (TPSA) is 94.0 Å². The molecule has 0 saturated carbocycles. The van der Waals surface area contributed by atoms with Crippen molar-refractivity contribution in [3.63, 3.8) is 0 Å². The van der Waals surface area contributed by atoms with E-state index in [2.05, 4.69) is 15.5 Å². The first-order chi connectivity index (χ1) is 9.76. The van der Waals surface area contributed by atoms with E-state index in [0.29, 0.717) is 11.1 Å². The molecule has 20 heavy (non-hydrogen) atoms. The van der Waals surface area contributed by atoms with Gasteiger partial charge in [-0.1, -0.05) is 30.0 Å². The Balaban J connectivity index is 1.74. The first-order valence-corrected chi connectivity index (χ1v) is 7.22. The van der Waals surface area contributed by atoms with Gasteiger partial charge in [0.05, 0.1) is 11.8 Å². The zero-order chi connectivity index (χ0) is 13.9. The lowest BCUT2D eigenvalue weighted by molar-refractivity contribution is -0.115. The summed E-state index contributed by atoms with van der Waals surface area (Å²) in [5.41, 5.74) is 7.45. The van der Waals surface area contributed by atoms with Crippen LogP contribution in [0, 0.1) is 0 Å². The van der Waals surface area contributed by atoms with Crippen LogP contribution in [0.3, 0.4) is 0 Å². The third-order valence-corrected chi connectivity index (χ3v) is 4.21. The molecular weight excluding hydrogens is 276 g/mol. The molecule has 3 N–H and O–H groups in total. The minimum Gasteiger partial charge on any atom is -0.415 e. The largest absolute Gasteiger partial charge is 0.415 e. The highest BCUT2D eigenvalue weighted by Gasteiger charge is 2.26. The molecule has 0 saturated heterocycles. The monoisotopic (exact) mass is 290 g/mol. The lowest BCUT2D eigenvalue weighted by Gasteiger charge is -2.09. The van der Waals surface area contributed by atoms with Gasteiger partial charge in [-0.3, -0.25) is 4.79 Å². The van der Waals surface area contributed by atoms with Gasteiger partial charge >= 0.3 is 0 Å². The van der Waals surface area contributed by atoms with Crippen molar-refractivity contribution in [3.05, 3.63) is 35.7 Å². The number of aryl methyl sites for hydroxylation is 1. The van der Waals surface area contributed by atoms with Crippen molar-refractivity contribution in [2.75, 3.05) is 5.32 Å². The van der Waals surface area contributed by atoms with Crippen molar-refractivity contribution in [1.82, 2.24) is 10.2 Å². The summed E-state index contributed by atoms with van der Waals surface area (Å²) in [4.78, 5) is 12.2. The highest BCUT2D eigenvalue weighted by molar-refractivity contribution is 8.00. The summed E-state index contributed by atoms with van der Waals surface area (Å²) in [5, 5.41) is 10.8. The van der Waals surface area contributed by atoms with E-state index < -0.39 is 0 Å². The summed E-state index contributed by atoms with van der Waals surface area (Å²) < 4.78 is 5.34. The molecular formula is C13H14N4O2S. The predicted molar refractivity (Wildman–Crippen MR) is 75.2 cm³/mol. The first kappa shape index (κ1) is 13.1. The quantitative estimate of drug-likeness (QED) is 0.891. The Morgan fingerprint density at radius 2 is 2.25 bits per heavy atom. The van der Waals surface area contributed by atoms with E-state index >= 15 is 0 Å². The zero-order valence-electron chi connectivity index (χ0n) is 10.7. The number of hydrogen-bond donors (Lipinski definition) is 2. The number of amides is 1. The molecule has 7 heteroatoms. The fourth-order valence-electron chi connectivity index (χ4n) is 2.09. The van der Waals surface area contributed by atoms with E-state index in [4.69, 9.17) is 10.2 Å². The average Bonchev–Trinajstić information content (AvgIpc) is 2.85. The number of anilines is 1. The molecule has 0 spiro atoms. The van der Waals surface area contributed by atoms with Gasteiger partial charge < -0.3 is 15.5 Å². The summed E-state index contributed by atoms with van der Waals surface area (Å²) in [7, 11) is 0. The summed E-state index contributed by atoms with van der Waals surface area (Å²) in [6, 6.07) is 7.84. The van der Waals surface area contributed by atoms with Crippen molar-refractivity contribution in [3.8, 4) is 0 Å². The van der Waals surface area contributed by atoms with Crippen molar-refractivity contribution >= 4 is 23.4 Å². The number of carbonyl (C=O) groups is 1. The molecule has 3 rings (SSSR count). The second-order valence-electron chi connectivity index (χ2n) is 4.46. The maximum atomic E-state index is 12.2. The number of carbonyl (C=O) groups excluding carboxylic acids is 1. The molecule has 1 atom stereocenters. The highest BCUT2D eigenvalue weighted by Crippen LogP contribution is 2.30. The number of nitrogens with zero attached hydrogens (tertiary/aromatic N) is 2. The van der Waals surface area contributed by atoms with Crippen LogP contribution in [0.2, 0.25) is 0 Å². The lowest BCUT2D eigenvalue weighted by atomic mass is 10.1. The Hall–Kier alpha value is -1.86. The van der Waals surface area contributed by atoms with Crippen molar-refractivity contribution in [2.24, 2.45) is 5.73 Å². The van der Waals surface area contributed by atoms with Gasteiger partial charge in [0, 0.05) is 5.69 Å². The van der Waals surface area contributed by atoms with Gasteiger partial charge in [-0.15, -0.1) is 10.2 Å². The zero-order valence-corrected chi connectivity index (χ0v) is 11.5. The summed E-state index contributed by atoms with van der Waals surface area (Å²) in [6.45, 7) is 0.204. The number of hydrogen-bond acceptors (Lipinski definition) is 6. The van der Waals surface area contributed by atoms with Crippen molar-refractivity contribution in [1.29, 1.82) is 0 Å². The average molecular weight is 290 g/mol. The van der Waals surface area contributed by atoms with Gasteiger partial charge in [0.2, 0.25) is 11.8 Å². The van der Waals surface area contributed by atoms with Crippen LogP contribution < -0.4 is 11.1 Å². The fraction of sp³-hybridized carbons (Fsp3) is 0.308. The van der Waals surface area contributed by atoms with Crippen LogP contribution >= 0.6 is 11.8 Å². The minimum atomic E-state index is -0.242. The maximum Gasteiger partial charge on any atom is 0.277 e. The summed E-state index contributed by atoms with van der Waals surface area (Å²) >= 11 is 1.28. The van der Waals surface area contributed by atoms with Gasteiger partial charge in [0.1, 0.15) is 0 Å². The Kier molecular flexibility index (Phi) is 3.70. The Labute approximate surface area is 120 Å². The third kappa shape index (κ3) is 2.68. The van der Waals surface area contributed by atoms with E-state index in [-0.39, 0.29) is 17.7 Å². The number of para-hydroxylation sites is 1. The standard InChI is InChI=1S/C13H14N4O2S/c14-7-11-16-17-13(19-11)20-10-6-5-8-3-1-2-4-9(8)15-12(10)18/h1-4,10H,5-7,14H2,(H,15,18). The maximum absolute atomic E-state index is 12.2. The number of thioether (sulfide) groups is 1. The van der Waals surface area contributed by atoms with Crippen molar-refractivity contribution in [2.45, 2.75) is 29.9 Å². The molecule has 0 radical (unpaired) electrons. The van der Waals surface area contributed by atoms with Crippen LogP contribution in [-0.4, -0.2) is 21.4 Å². The van der Waals surface area contributed by atoms with E-state index in [1.54, 1.807) is 0 Å². The normalized spacial score (nSPS) is 18.2. The Morgan fingerprint density at radius 3 is 3.05 bits per heavy atom. The lowest BCUT2D eigenvalue weighted by Crippen LogP contribution is -2.23. The Bertz CT molecular complexity index is 628. The van der Waals surface area contributed by atoms with Gasteiger partial charge in [0.25, 0.3) is 5.22 Å². The van der Waals surface area contributed by atoms with Crippen LogP contribution in [0.1, 0.15) is 17.9 Å². The molecule has 0 fully saturated rings. The molecule has 0 aliphatic carbocycles. The van der Waals surface area contributed by atoms with Crippen LogP contribution in [0.5, 0.6) is 0 Å². The molecule has 1 aliphatic rings. The Morgan fingerprint density at radius 1 is 1.40 bits per heavy atom. The van der Waals surface area contributed by atoms with Crippen LogP contribution in [-0.2, 0) is 17.8 Å². The molecule has 0 bridgehead atoms. The van der Waals surface area contributed by atoms with E-state index in [1.165, 1.54) is 11.8 Å². The summed E-state index contributed by atoms with van der Waals surface area (Å²) in [6.07, 6.45) is 1.57. The second kappa shape index (κ2) is 5.64. The van der Waals surface area contributed by atoms with E-state index in [9.17, 15) is 4.79 Å². The number of aromatic nitrogens is 2. The number of benzene rings is 1. The van der Waals surface area contributed by atoms with E-state index in [1.807, 2.05) is 24.3 Å². The van der Waals surface area contributed by atoms with Gasteiger partial charge in [0.15, 0.2) is 0 Å². The molecule has 1 aromatic carbocycles. The number of rotatable bonds is 3. The molecule has 2 heterocycles. The second-order valence-corrected chi connectivity index (χ2v) is 5.61. The fourth-order valence-corrected chi connectivity index (χ4v) is 2.97. The predicted octanol–water partition coefficient (Wildman–Crippen LogP) is 1.57. The van der Waals surface area contributed by atoms with Crippen molar-refractivity contribution < 1.29 is 9.21 Å². The number of nitrogens with two attached hydrogens (primary N) is 1. The van der Waals surface area contributed by atoms with Crippen LogP contribution in [0.15, 0.2) is 33.9 Å². The molecule has 1 unspecified atom stereocenters. The van der Waals surface area contributed by atoms with E-state index in [0.717, 1.165) is 24.1 Å². The van der Waals surface area contributed by atoms with Gasteiger partial charge in [-0.05, 0) is 24.5 Å². The smallest absolute Gasteiger partial charge is 0.277 e. The highest BCUT2D eigenvalue weighted by atomic mass is 32.2. The molecule has 6 nitrogen and oxygen atoms in total. The van der Waals surface area contributed by atoms with Gasteiger partial charge in [-0.25, -0.2) is 0 Å². The van der Waals surface area contributed by atoms with Gasteiger partial charge in [-0.2, -0.15) is 0 Å². The first-order valence-electron chi connectivity index (χ1n) is 6.34.